The third-order valence-electron chi connectivity index (χ3n) is 3.98. The molecule has 1 saturated carbocycles. The number of nitrogens with zero attached hydrogens (tertiary/aromatic N) is 2. The molecule has 2 aromatic rings. The van der Waals surface area contributed by atoms with Crippen LogP contribution in [0.4, 0.5) is 0 Å². The summed E-state index contributed by atoms with van der Waals surface area (Å²) in [4.78, 5) is 4.73. The summed E-state index contributed by atoms with van der Waals surface area (Å²) in [6.07, 6.45) is 5.04. The average molecular weight is 279 g/mol. The number of rotatable bonds is 3. The average Bonchev–Trinajstić information content (AvgIpc) is 3.04. The van der Waals surface area contributed by atoms with Crippen molar-refractivity contribution in [3.05, 3.63) is 24.0 Å². The van der Waals surface area contributed by atoms with Gasteiger partial charge in [-0.1, -0.05) is 18.9 Å². The normalized spacial score (nSPS) is 18.1. The Morgan fingerprint density at radius 3 is 2.74 bits per heavy atom. The minimum absolute atomic E-state index is 0.0855. The number of halogens is 1. The van der Waals surface area contributed by atoms with Crippen molar-refractivity contribution in [1.82, 2.24) is 9.55 Å². The Balaban J connectivity index is 2.23. The van der Waals surface area contributed by atoms with Crippen LogP contribution in [0.25, 0.3) is 11.0 Å². The monoisotopic (exact) mass is 278 g/mol. The van der Waals surface area contributed by atoms with Gasteiger partial charge in [-0.15, -0.1) is 11.6 Å². The van der Waals surface area contributed by atoms with E-state index in [1.165, 1.54) is 25.7 Å². The Labute approximate surface area is 118 Å². The molecule has 0 bridgehead atoms. The number of hydrogen-bond donors (Lipinski definition) is 0. The van der Waals surface area contributed by atoms with Crippen LogP contribution in [0.15, 0.2) is 18.2 Å². The highest BCUT2D eigenvalue weighted by molar-refractivity contribution is 6.20. The van der Waals surface area contributed by atoms with Crippen molar-refractivity contribution >= 4 is 22.6 Å². The van der Waals surface area contributed by atoms with Crippen LogP contribution in [0.2, 0.25) is 0 Å². The van der Waals surface area contributed by atoms with Gasteiger partial charge in [-0.25, -0.2) is 4.98 Å². The summed E-state index contributed by atoms with van der Waals surface area (Å²) in [5.74, 6) is 1.79. The van der Waals surface area contributed by atoms with E-state index < -0.39 is 0 Å². The van der Waals surface area contributed by atoms with Gasteiger partial charge in [0, 0.05) is 6.04 Å². The number of hydrogen-bond acceptors (Lipinski definition) is 2. The van der Waals surface area contributed by atoms with E-state index in [9.17, 15) is 0 Å². The van der Waals surface area contributed by atoms with E-state index in [-0.39, 0.29) is 5.38 Å². The van der Waals surface area contributed by atoms with E-state index in [4.69, 9.17) is 21.3 Å². The third kappa shape index (κ3) is 2.10. The maximum atomic E-state index is 6.33. The van der Waals surface area contributed by atoms with Gasteiger partial charge in [0.25, 0.3) is 0 Å². The molecule has 1 aromatic heterocycles. The van der Waals surface area contributed by atoms with Gasteiger partial charge in [0.2, 0.25) is 0 Å². The Kier molecular flexibility index (Phi) is 3.40. The maximum Gasteiger partial charge on any atom is 0.146 e. The van der Waals surface area contributed by atoms with Crippen molar-refractivity contribution in [2.75, 3.05) is 7.11 Å². The second-order valence-electron chi connectivity index (χ2n) is 5.22. The van der Waals surface area contributed by atoms with Gasteiger partial charge in [-0.2, -0.15) is 0 Å². The molecule has 0 aliphatic heterocycles. The topological polar surface area (TPSA) is 27.1 Å². The molecule has 1 fully saturated rings. The SMILES string of the molecule is COc1cccc2c1nc(C(C)Cl)n2C1CCCC1. The number of imidazole rings is 1. The highest BCUT2D eigenvalue weighted by Crippen LogP contribution is 2.38. The van der Waals surface area contributed by atoms with E-state index in [0.29, 0.717) is 6.04 Å². The van der Waals surface area contributed by atoms with Crippen molar-refractivity contribution in [3.8, 4) is 5.75 Å². The molecule has 1 heterocycles. The van der Waals surface area contributed by atoms with Crippen LogP contribution in [-0.4, -0.2) is 16.7 Å². The van der Waals surface area contributed by atoms with Gasteiger partial charge in [0.1, 0.15) is 17.1 Å². The smallest absolute Gasteiger partial charge is 0.146 e. The van der Waals surface area contributed by atoms with Gasteiger partial charge in [0.05, 0.1) is 18.0 Å². The second kappa shape index (κ2) is 5.04. The quantitative estimate of drug-likeness (QED) is 0.775. The lowest BCUT2D eigenvalue weighted by atomic mass is 10.2. The van der Waals surface area contributed by atoms with Crippen molar-refractivity contribution < 1.29 is 4.74 Å². The predicted molar refractivity (Wildman–Crippen MR) is 78.1 cm³/mol. The van der Waals surface area contributed by atoms with Crippen LogP contribution < -0.4 is 4.74 Å². The minimum atomic E-state index is -0.0855. The zero-order chi connectivity index (χ0) is 13.4. The summed E-state index contributed by atoms with van der Waals surface area (Å²) in [6, 6.07) is 6.63. The molecule has 4 heteroatoms. The maximum absolute atomic E-state index is 6.33. The van der Waals surface area contributed by atoms with Gasteiger partial charge in [-0.05, 0) is 31.9 Å². The summed E-state index contributed by atoms with van der Waals surface area (Å²) in [5.41, 5.74) is 2.08. The lowest BCUT2D eigenvalue weighted by Gasteiger charge is -2.17. The summed E-state index contributed by atoms with van der Waals surface area (Å²) in [7, 11) is 1.69. The van der Waals surface area contributed by atoms with Crippen LogP contribution in [0.5, 0.6) is 5.75 Å². The Morgan fingerprint density at radius 2 is 2.11 bits per heavy atom. The largest absolute Gasteiger partial charge is 0.494 e. The first kappa shape index (κ1) is 12.8. The van der Waals surface area contributed by atoms with E-state index >= 15 is 0 Å². The number of alkyl halides is 1. The Bertz CT molecular complexity index is 585. The molecule has 3 rings (SSSR count). The standard InChI is InChI=1S/C15H19ClN2O/c1-10(16)15-17-14-12(8-5-9-13(14)19-2)18(15)11-6-3-4-7-11/h5,8-11H,3-4,6-7H2,1-2H3. The Morgan fingerprint density at radius 1 is 1.37 bits per heavy atom. The molecule has 1 unspecified atom stereocenters. The molecule has 0 spiro atoms. The minimum Gasteiger partial charge on any atom is -0.494 e. The number of methoxy groups -OCH3 is 1. The van der Waals surface area contributed by atoms with Gasteiger partial charge in [-0.3, -0.25) is 0 Å². The molecule has 0 N–H and O–H groups in total. The highest BCUT2D eigenvalue weighted by atomic mass is 35.5. The van der Waals surface area contributed by atoms with Gasteiger partial charge < -0.3 is 9.30 Å². The molecule has 1 aliphatic carbocycles. The number of aromatic nitrogens is 2. The molecular formula is C15H19ClN2O. The van der Waals surface area contributed by atoms with Crippen molar-refractivity contribution in [2.45, 2.75) is 44.0 Å². The molecule has 1 aromatic carbocycles. The van der Waals surface area contributed by atoms with Crippen LogP contribution in [0.3, 0.4) is 0 Å². The van der Waals surface area contributed by atoms with E-state index in [2.05, 4.69) is 10.6 Å². The summed E-state index contributed by atoms with van der Waals surface area (Å²) in [5, 5.41) is -0.0855. The fraction of sp³-hybridized carbons (Fsp3) is 0.533. The molecule has 102 valence electrons. The molecule has 0 saturated heterocycles. The summed E-state index contributed by atoms with van der Waals surface area (Å²) < 4.78 is 7.76. The lowest BCUT2D eigenvalue weighted by Crippen LogP contribution is -2.09. The van der Waals surface area contributed by atoms with E-state index in [0.717, 1.165) is 22.6 Å². The van der Waals surface area contributed by atoms with E-state index in [1.807, 2.05) is 19.1 Å². The third-order valence-corrected chi connectivity index (χ3v) is 4.17. The number of para-hydroxylation sites is 1. The molecule has 1 atom stereocenters. The first-order valence-corrected chi connectivity index (χ1v) is 7.35. The first-order chi connectivity index (χ1) is 9.22. The van der Waals surface area contributed by atoms with Gasteiger partial charge in [0.15, 0.2) is 0 Å². The molecule has 3 nitrogen and oxygen atoms in total. The zero-order valence-electron chi connectivity index (χ0n) is 11.4. The zero-order valence-corrected chi connectivity index (χ0v) is 12.2. The van der Waals surface area contributed by atoms with Crippen molar-refractivity contribution in [2.24, 2.45) is 0 Å². The molecule has 0 radical (unpaired) electrons. The second-order valence-corrected chi connectivity index (χ2v) is 5.88. The van der Waals surface area contributed by atoms with Crippen LogP contribution in [0.1, 0.15) is 49.9 Å². The summed E-state index contributed by atoms with van der Waals surface area (Å²) in [6.45, 7) is 1.99. The molecular weight excluding hydrogens is 260 g/mol. The number of fused-ring (bicyclic) bond motifs is 1. The lowest BCUT2D eigenvalue weighted by molar-refractivity contribution is 0.419. The van der Waals surface area contributed by atoms with Crippen molar-refractivity contribution in [1.29, 1.82) is 0 Å². The van der Waals surface area contributed by atoms with Crippen LogP contribution >= 0.6 is 11.6 Å². The van der Waals surface area contributed by atoms with Gasteiger partial charge >= 0.3 is 0 Å². The fourth-order valence-electron chi connectivity index (χ4n) is 3.10. The highest BCUT2D eigenvalue weighted by Gasteiger charge is 2.25. The van der Waals surface area contributed by atoms with Crippen molar-refractivity contribution in [3.63, 3.8) is 0 Å². The number of benzene rings is 1. The number of ether oxygens (including phenoxy) is 1. The summed E-state index contributed by atoms with van der Waals surface area (Å²) >= 11 is 6.33. The molecule has 19 heavy (non-hydrogen) atoms. The first-order valence-electron chi connectivity index (χ1n) is 6.91. The van der Waals surface area contributed by atoms with E-state index in [1.54, 1.807) is 7.11 Å². The Hall–Kier alpha value is -1.22. The fourth-order valence-corrected chi connectivity index (χ4v) is 3.25. The van der Waals surface area contributed by atoms with Crippen LogP contribution in [0, 0.1) is 0 Å². The van der Waals surface area contributed by atoms with Crippen LogP contribution in [-0.2, 0) is 0 Å². The predicted octanol–water partition coefficient (Wildman–Crippen LogP) is 4.46. The molecule has 0 amide bonds. The molecule has 1 aliphatic rings.